The molecule has 1 fully saturated rings. The van der Waals surface area contributed by atoms with Crippen molar-refractivity contribution in [1.29, 1.82) is 0 Å². The number of ketones is 1. The highest BCUT2D eigenvalue weighted by Gasteiger charge is 2.53. The third-order valence-electron chi connectivity index (χ3n) is 6.85. The summed E-state index contributed by atoms with van der Waals surface area (Å²) in [4.78, 5) is 47.6. The molecule has 0 aromatic heterocycles. The number of aliphatic carboxylic acids is 2. The number of benzene rings is 1. The van der Waals surface area contributed by atoms with Crippen LogP contribution in [0.5, 0.6) is 0 Å². The van der Waals surface area contributed by atoms with Crippen LogP contribution in [0.2, 0.25) is 0 Å². The molecule has 2 aliphatic heterocycles. The molecule has 1 aromatic carbocycles. The summed E-state index contributed by atoms with van der Waals surface area (Å²) >= 11 is 0. The third kappa shape index (κ3) is 8.82. The fourth-order valence-corrected chi connectivity index (χ4v) is 5.04. The summed E-state index contributed by atoms with van der Waals surface area (Å²) in [6.45, 7) is 4.93. The highest BCUT2D eigenvalue weighted by atomic mass is 16.6. The lowest BCUT2D eigenvalue weighted by molar-refractivity contribution is -0.182. The molecule has 1 aromatic rings. The molecule has 11 nitrogen and oxygen atoms in total. The predicted octanol–water partition coefficient (Wildman–Crippen LogP) is 2.45. The summed E-state index contributed by atoms with van der Waals surface area (Å²) in [6.07, 6.45) is -3.15. The van der Waals surface area contributed by atoms with Gasteiger partial charge in [-0.1, -0.05) is 42.5 Å². The van der Waals surface area contributed by atoms with Crippen molar-refractivity contribution < 1.29 is 53.4 Å². The largest absolute Gasteiger partial charge is 0.481 e. The zero-order valence-electron chi connectivity index (χ0n) is 22.3. The number of aliphatic hydroxyl groups excluding tert-OH is 1. The van der Waals surface area contributed by atoms with E-state index >= 15 is 0 Å². The van der Waals surface area contributed by atoms with E-state index in [4.69, 9.17) is 24.1 Å². The quantitative estimate of drug-likeness (QED) is 0.213. The van der Waals surface area contributed by atoms with E-state index in [9.17, 15) is 29.4 Å². The summed E-state index contributed by atoms with van der Waals surface area (Å²) in [6, 6.07) is 9.15. The molecule has 3 unspecified atom stereocenters. The van der Waals surface area contributed by atoms with Crippen molar-refractivity contribution in [3.8, 4) is 0 Å². The smallest absolute Gasteiger partial charge is 0.303 e. The third-order valence-corrected chi connectivity index (χ3v) is 6.85. The SMILES string of the molecule is C=CCC1C=CC(=O)[C@@H]([C@H](OC(C)=O)[C@H]2O[C@H](CC(CCC(=O)O)CC(=O)O)[C@@H](OCc3ccccc3)C2O)O1. The normalized spacial score (nSPS) is 27.6. The molecule has 3 rings (SSSR count). The summed E-state index contributed by atoms with van der Waals surface area (Å²) in [7, 11) is 0. The Morgan fingerprint density at radius 2 is 1.85 bits per heavy atom. The van der Waals surface area contributed by atoms with Gasteiger partial charge in [-0.3, -0.25) is 19.2 Å². The Morgan fingerprint density at radius 1 is 1.12 bits per heavy atom. The van der Waals surface area contributed by atoms with E-state index < -0.39 is 72.3 Å². The van der Waals surface area contributed by atoms with Crippen molar-refractivity contribution in [2.75, 3.05) is 0 Å². The first kappa shape index (κ1) is 31.2. The number of rotatable bonds is 15. The summed E-state index contributed by atoms with van der Waals surface area (Å²) in [5, 5.41) is 30.0. The van der Waals surface area contributed by atoms with Gasteiger partial charge in [0.25, 0.3) is 0 Å². The van der Waals surface area contributed by atoms with Crippen molar-refractivity contribution in [3.05, 3.63) is 60.7 Å². The highest BCUT2D eigenvalue weighted by molar-refractivity contribution is 5.95. The Kier molecular flexibility index (Phi) is 11.6. The molecule has 2 heterocycles. The van der Waals surface area contributed by atoms with Gasteiger partial charge in [0.2, 0.25) is 0 Å². The fraction of sp³-hybridized carbons (Fsp3) is 0.517. The monoisotopic (exact) mass is 560 g/mol. The zero-order valence-corrected chi connectivity index (χ0v) is 22.3. The van der Waals surface area contributed by atoms with Crippen molar-refractivity contribution in [3.63, 3.8) is 0 Å². The molecule has 0 saturated carbocycles. The topological polar surface area (TPSA) is 166 Å². The molecule has 0 spiro atoms. The molecule has 11 heteroatoms. The fourth-order valence-electron chi connectivity index (χ4n) is 5.04. The molecule has 218 valence electrons. The molecule has 0 aliphatic carbocycles. The van der Waals surface area contributed by atoms with Crippen LogP contribution in [-0.4, -0.2) is 81.7 Å². The predicted molar refractivity (Wildman–Crippen MR) is 140 cm³/mol. The maximum Gasteiger partial charge on any atom is 0.303 e. The van der Waals surface area contributed by atoms with Crippen LogP contribution in [0.3, 0.4) is 0 Å². The van der Waals surface area contributed by atoms with Crippen LogP contribution in [-0.2, 0) is 44.7 Å². The van der Waals surface area contributed by atoms with E-state index in [1.807, 2.05) is 30.3 Å². The van der Waals surface area contributed by atoms with Gasteiger partial charge in [-0.25, -0.2) is 0 Å². The number of esters is 1. The van der Waals surface area contributed by atoms with Gasteiger partial charge in [-0.05, 0) is 36.8 Å². The number of carbonyl (C=O) groups is 4. The summed E-state index contributed by atoms with van der Waals surface area (Å²) < 4.78 is 23.7. The molecular formula is C29H36O11. The van der Waals surface area contributed by atoms with Gasteiger partial charge in [-0.15, -0.1) is 6.58 Å². The van der Waals surface area contributed by atoms with Gasteiger partial charge in [-0.2, -0.15) is 0 Å². The second-order valence-corrected chi connectivity index (χ2v) is 9.98. The lowest BCUT2D eigenvalue weighted by Gasteiger charge is -2.34. The number of carboxylic acids is 2. The van der Waals surface area contributed by atoms with Crippen LogP contribution >= 0.6 is 0 Å². The first-order chi connectivity index (χ1) is 19.1. The van der Waals surface area contributed by atoms with Gasteiger partial charge < -0.3 is 34.3 Å². The van der Waals surface area contributed by atoms with Crippen molar-refractivity contribution in [2.24, 2.45) is 5.92 Å². The minimum Gasteiger partial charge on any atom is -0.481 e. The molecule has 1 saturated heterocycles. The van der Waals surface area contributed by atoms with E-state index in [2.05, 4.69) is 6.58 Å². The van der Waals surface area contributed by atoms with Crippen LogP contribution in [0.25, 0.3) is 0 Å². The Hall–Kier alpha value is -3.38. The van der Waals surface area contributed by atoms with E-state index in [0.717, 1.165) is 12.5 Å². The summed E-state index contributed by atoms with van der Waals surface area (Å²) in [5.41, 5.74) is 0.810. The number of carbonyl (C=O) groups excluding carboxylic acids is 2. The van der Waals surface area contributed by atoms with Gasteiger partial charge in [0.1, 0.15) is 18.3 Å². The Labute approximate surface area is 232 Å². The molecule has 0 bridgehead atoms. The Bertz CT molecular complexity index is 1070. The van der Waals surface area contributed by atoms with Crippen LogP contribution in [0, 0.1) is 5.92 Å². The number of ether oxygens (including phenoxy) is 4. The first-order valence-electron chi connectivity index (χ1n) is 13.2. The maximum atomic E-state index is 12.8. The molecule has 0 radical (unpaired) electrons. The van der Waals surface area contributed by atoms with E-state index in [1.54, 1.807) is 12.2 Å². The number of hydrogen-bond donors (Lipinski definition) is 3. The lowest BCUT2D eigenvalue weighted by Crippen LogP contribution is -2.52. The molecular weight excluding hydrogens is 524 g/mol. The molecule has 3 N–H and O–H groups in total. The van der Waals surface area contributed by atoms with Gasteiger partial charge >= 0.3 is 17.9 Å². The Balaban J connectivity index is 1.89. The summed E-state index contributed by atoms with van der Waals surface area (Å²) in [5.74, 6) is -3.97. The number of aliphatic hydroxyl groups is 1. The molecule has 8 atom stereocenters. The van der Waals surface area contributed by atoms with Crippen LogP contribution in [0.1, 0.15) is 44.6 Å². The highest BCUT2D eigenvalue weighted by Crippen LogP contribution is 2.36. The standard InChI is InChI=1S/C29H36O11/c1-3-7-20-11-12-21(31)26(39-20)29(38-17(2)30)28-25(36)27(37-16-18-8-5-4-6-9-18)22(40-28)14-19(15-24(34)35)10-13-23(32)33/h3-6,8-9,11-12,19-20,22,25-29,36H,1,7,10,13-16H2,2H3,(H,32,33)(H,34,35)/t19?,20?,22-,25?,26+,27-,28+,29+/m1/s1. The minimum atomic E-state index is -1.39. The second kappa shape index (κ2) is 14.8. The van der Waals surface area contributed by atoms with Crippen LogP contribution in [0.4, 0.5) is 0 Å². The molecule has 2 aliphatic rings. The maximum absolute atomic E-state index is 12.8. The van der Waals surface area contributed by atoms with Gasteiger partial charge in [0.05, 0.1) is 18.8 Å². The average molecular weight is 561 g/mol. The Morgan fingerprint density at radius 3 is 2.48 bits per heavy atom. The van der Waals surface area contributed by atoms with Crippen LogP contribution in [0.15, 0.2) is 55.1 Å². The minimum absolute atomic E-state index is 0.0534. The van der Waals surface area contributed by atoms with Crippen LogP contribution < -0.4 is 0 Å². The molecule has 0 amide bonds. The first-order valence-corrected chi connectivity index (χ1v) is 13.2. The van der Waals surface area contributed by atoms with Crippen molar-refractivity contribution in [2.45, 2.75) is 88.4 Å². The van der Waals surface area contributed by atoms with E-state index in [0.29, 0.717) is 6.42 Å². The van der Waals surface area contributed by atoms with Crippen molar-refractivity contribution >= 4 is 23.7 Å². The zero-order chi connectivity index (χ0) is 29.2. The number of hydrogen-bond acceptors (Lipinski definition) is 9. The second-order valence-electron chi connectivity index (χ2n) is 9.98. The van der Waals surface area contributed by atoms with Gasteiger partial charge in [0, 0.05) is 19.8 Å². The van der Waals surface area contributed by atoms with E-state index in [-0.39, 0.29) is 32.3 Å². The molecule has 40 heavy (non-hydrogen) atoms. The lowest BCUT2D eigenvalue weighted by atomic mass is 9.90. The van der Waals surface area contributed by atoms with Gasteiger partial charge in [0.15, 0.2) is 18.0 Å². The number of carboxylic acid groups (broad SMARTS) is 2. The average Bonchev–Trinajstić information content (AvgIpc) is 3.20. The van der Waals surface area contributed by atoms with E-state index in [1.165, 1.54) is 6.08 Å². The van der Waals surface area contributed by atoms with Crippen molar-refractivity contribution in [1.82, 2.24) is 0 Å².